The van der Waals surface area contributed by atoms with E-state index in [9.17, 15) is 0 Å². The van der Waals surface area contributed by atoms with Crippen LogP contribution in [0.25, 0.3) is 10.8 Å². The Hall–Kier alpha value is -0.950. The van der Waals surface area contributed by atoms with Crippen LogP contribution in [0.1, 0.15) is 25.0 Å². The van der Waals surface area contributed by atoms with Crippen molar-refractivity contribution in [3.8, 4) is 0 Å². The van der Waals surface area contributed by atoms with Crippen LogP contribution in [0.3, 0.4) is 0 Å². The molecule has 15 heavy (non-hydrogen) atoms. The maximum atomic E-state index is 4.32. The lowest BCUT2D eigenvalue weighted by Crippen LogP contribution is -1.81. The van der Waals surface area contributed by atoms with Crippen molar-refractivity contribution in [1.29, 1.82) is 0 Å². The van der Waals surface area contributed by atoms with Gasteiger partial charge in [0.25, 0.3) is 0 Å². The largest absolute Gasteiger partial charge is 0.143 e. The standard InChI is InChI=1S/C12H12S.C2H6/c1-8-5-10-3-4-12(13)7-11(10)6-9(8)2;1-2/h3-7,13H,1-2H3;1-2H3. The number of hydrogen-bond acceptors (Lipinski definition) is 1. The van der Waals surface area contributed by atoms with Gasteiger partial charge in [-0.25, -0.2) is 0 Å². The second kappa shape index (κ2) is 5.22. The maximum Gasteiger partial charge on any atom is 0.00463 e. The van der Waals surface area contributed by atoms with Crippen molar-refractivity contribution in [2.24, 2.45) is 0 Å². The van der Waals surface area contributed by atoms with Crippen LogP contribution >= 0.6 is 12.6 Å². The molecule has 0 aromatic heterocycles. The van der Waals surface area contributed by atoms with Gasteiger partial charge in [-0.1, -0.05) is 32.0 Å². The van der Waals surface area contributed by atoms with Gasteiger partial charge in [0.1, 0.15) is 0 Å². The van der Waals surface area contributed by atoms with Crippen molar-refractivity contribution < 1.29 is 0 Å². The third kappa shape index (κ3) is 2.75. The highest BCUT2D eigenvalue weighted by molar-refractivity contribution is 7.80. The average Bonchev–Trinajstić information content (AvgIpc) is 2.23. The Bertz CT molecular complexity index is 458. The Kier molecular flexibility index (Phi) is 4.22. The zero-order valence-electron chi connectivity index (χ0n) is 9.83. The van der Waals surface area contributed by atoms with E-state index < -0.39 is 0 Å². The number of rotatable bonds is 0. The predicted molar refractivity (Wildman–Crippen MR) is 72.0 cm³/mol. The van der Waals surface area contributed by atoms with Crippen LogP contribution in [0.4, 0.5) is 0 Å². The fourth-order valence-electron chi connectivity index (χ4n) is 1.51. The first kappa shape index (κ1) is 12.1. The van der Waals surface area contributed by atoms with E-state index in [0.29, 0.717) is 0 Å². The molecule has 2 aromatic carbocycles. The summed E-state index contributed by atoms with van der Waals surface area (Å²) in [6, 6.07) is 10.7. The van der Waals surface area contributed by atoms with Gasteiger partial charge >= 0.3 is 0 Å². The quantitative estimate of drug-likeness (QED) is 0.605. The Labute approximate surface area is 97.7 Å². The van der Waals surface area contributed by atoms with Crippen molar-refractivity contribution in [2.45, 2.75) is 32.6 Å². The number of hydrogen-bond donors (Lipinski definition) is 1. The summed E-state index contributed by atoms with van der Waals surface area (Å²) >= 11 is 4.32. The van der Waals surface area contributed by atoms with E-state index in [-0.39, 0.29) is 0 Å². The van der Waals surface area contributed by atoms with Crippen molar-refractivity contribution in [3.63, 3.8) is 0 Å². The normalized spacial score (nSPS) is 9.67. The van der Waals surface area contributed by atoms with Crippen LogP contribution in [0.5, 0.6) is 0 Å². The van der Waals surface area contributed by atoms with E-state index in [0.717, 1.165) is 4.90 Å². The molecule has 0 heterocycles. The van der Waals surface area contributed by atoms with Crippen LogP contribution in [-0.4, -0.2) is 0 Å². The molecule has 80 valence electrons. The Morgan fingerprint density at radius 3 is 1.93 bits per heavy atom. The first-order valence-electron chi connectivity index (χ1n) is 5.37. The topological polar surface area (TPSA) is 0 Å². The predicted octanol–water partition coefficient (Wildman–Crippen LogP) is 4.77. The third-order valence-electron chi connectivity index (χ3n) is 2.44. The van der Waals surface area contributed by atoms with Gasteiger partial charge in [0.15, 0.2) is 0 Å². The molecule has 0 unspecified atom stereocenters. The molecule has 0 aliphatic rings. The highest BCUT2D eigenvalue weighted by Crippen LogP contribution is 2.21. The van der Waals surface area contributed by atoms with Gasteiger partial charge < -0.3 is 0 Å². The summed E-state index contributed by atoms with van der Waals surface area (Å²) in [6.45, 7) is 8.28. The molecular weight excluding hydrogens is 200 g/mol. The van der Waals surface area contributed by atoms with E-state index >= 15 is 0 Å². The summed E-state index contributed by atoms with van der Waals surface area (Å²) in [5.41, 5.74) is 2.69. The first-order chi connectivity index (χ1) is 7.16. The zero-order valence-corrected chi connectivity index (χ0v) is 10.7. The molecule has 2 aromatic rings. The molecule has 0 N–H and O–H groups in total. The van der Waals surface area contributed by atoms with Gasteiger partial charge in [-0.2, -0.15) is 0 Å². The van der Waals surface area contributed by atoms with Gasteiger partial charge in [-0.05, 0) is 47.9 Å². The molecule has 0 radical (unpaired) electrons. The molecule has 0 amide bonds. The molecule has 0 spiro atoms. The first-order valence-corrected chi connectivity index (χ1v) is 5.81. The number of benzene rings is 2. The van der Waals surface area contributed by atoms with E-state index in [1.165, 1.54) is 21.9 Å². The third-order valence-corrected chi connectivity index (χ3v) is 2.71. The minimum atomic E-state index is 1.02. The van der Waals surface area contributed by atoms with E-state index in [1.54, 1.807) is 0 Å². The highest BCUT2D eigenvalue weighted by Gasteiger charge is 1.97. The van der Waals surface area contributed by atoms with Gasteiger partial charge in [0, 0.05) is 4.90 Å². The Morgan fingerprint density at radius 1 is 0.800 bits per heavy atom. The zero-order chi connectivity index (χ0) is 11.4. The summed E-state index contributed by atoms with van der Waals surface area (Å²) in [4.78, 5) is 1.02. The van der Waals surface area contributed by atoms with Crippen LogP contribution in [0.2, 0.25) is 0 Å². The molecule has 0 fully saturated rings. The molecule has 0 saturated heterocycles. The van der Waals surface area contributed by atoms with Gasteiger partial charge in [0.05, 0.1) is 0 Å². The molecule has 0 aliphatic carbocycles. The molecule has 0 aliphatic heterocycles. The molecular formula is C14H18S. The lowest BCUT2D eigenvalue weighted by atomic mass is 10.0. The summed E-state index contributed by atoms with van der Waals surface area (Å²) in [5.74, 6) is 0. The summed E-state index contributed by atoms with van der Waals surface area (Å²) in [7, 11) is 0. The molecule has 0 atom stereocenters. The maximum absolute atomic E-state index is 4.32. The van der Waals surface area contributed by atoms with Gasteiger partial charge in [-0.15, -0.1) is 12.6 Å². The average molecular weight is 218 g/mol. The smallest absolute Gasteiger partial charge is 0.00463 e. The number of fused-ring (bicyclic) bond motifs is 1. The van der Waals surface area contributed by atoms with E-state index in [1.807, 2.05) is 19.9 Å². The molecule has 0 saturated carbocycles. The molecule has 0 bridgehead atoms. The van der Waals surface area contributed by atoms with Crippen molar-refractivity contribution in [3.05, 3.63) is 41.5 Å². The van der Waals surface area contributed by atoms with Crippen LogP contribution < -0.4 is 0 Å². The number of aryl methyl sites for hydroxylation is 2. The van der Waals surface area contributed by atoms with Crippen molar-refractivity contribution >= 4 is 23.4 Å². The SMILES string of the molecule is CC.Cc1cc2ccc(S)cc2cc1C. The minimum Gasteiger partial charge on any atom is -0.143 e. The Morgan fingerprint density at radius 2 is 1.33 bits per heavy atom. The van der Waals surface area contributed by atoms with Crippen molar-refractivity contribution in [1.82, 2.24) is 0 Å². The summed E-state index contributed by atoms with van der Waals surface area (Å²) in [5, 5.41) is 2.57. The lowest BCUT2D eigenvalue weighted by Gasteiger charge is -2.04. The van der Waals surface area contributed by atoms with Crippen molar-refractivity contribution in [2.75, 3.05) is 0 Å². The Balaban J connectivity index is 0.000000531. The monoisotopic (exact) mass is 218 g/mol. The molecule has 1 heteroatoms. The second-order valence-electron chi connectivity index (χ2n) is 3.47. The summed E-state index contributed by atoms with van der Waals surface area (Å²) < 4.78 is 0. The number of thiol groups is 1. The van der Waals surface area contributed by atoms with E-state index in [2.05, 4.69) is 50.7 Å². The fourth-order valence-corrected chi connectivity index (χ4v) is 1.73. The van der Waals surface area contributed by atoms with E-state index in [4.69, 9.17) is 0 Å². The summed E-state index contributed by atoms with van der Waals surface area (Å²) in [6.07, 6.45) is 0. The molecule has 0 nitrogen and oxygen atoms in total. The van der Waals surface area contributed by atoms with Gasteiger partial charge in [-0.3, -0.25) is 0 Å². The van der Waals surface area contributed by atoms with Gasteiger partial charge in [0.2, 0.25) is 0 Å². The van der Waals surface area contributed by atoms with Crippen LogP contribution in [0.15, 0.2) is 35.2 Å². The fraction of sp³-hybridized carbons (Fsp3) is 0.286. The highest BCUT2D eigenvalue weighted by atomic mass is 32.1. The second-order valence-corrected chi connectivity index (χ2v) is 3.98. The minimum absolute atomic E-state index is 1.02. The lowest BCUT2D eigenvalue weighted by molar-refractivity contribution is 1.36. The van der Waals surface area contributed by atoms with Crippen LogP contribution in [0, 0.1) is 13.8 Å². The van der Waals surface area contributed by atoms with Crippen LogP contribution in [-0.2, 0) is 0 Å². The molecule has 2 rings (SSSR count).